The first kappa shape index (κ1) is 19.0. The van der Waals surface area contributed by atoms with Gasteiger partial charge in [-0.3, -0.25) is 0 Å². The maximum atomic E-state index is 14.9. The lowest BCUT2D eigenvalue weighted by molar-refractivity contribution is 0.176. The molecule has 4 heterocycles. The van der Waals surface area contributed by atoms with Crippen molar-refractivity contribution in [3.05, 3.63) is 29.7 Å². The minimum absolute atomic E-state index is 0.0155. The van der Waals surface area contributed by atoms with Crippen LogP contribution in [-0.2, 0) is 0 Å². The minimum atomic E-state index is -0.954. The summed E-state index contributed by atoms with van der Waals surface area (Å²) in [6, 6.07) is 3.30. The number of phenols is 1. The average molecular weight is 409 g/mol. The van der Waals surface area contributed by atoms with Crippen molar-refractivity contribution < 1.29 is 9.50 Å². The number of rotatable bonds is 3. The van der Waals surface area contributed by atoms with E-state index in [9.17, 15) is 9.50 Å². The number of aromatic nitrogens is 5. The second-order valence-corrected chi connectivity index (χ2v) is 8.30. The van der Waals surface area contributed by atoms with Crippen molar-refractivity contribution in [1.82, 2.24) is 30.5 Å². The molecule has 156 valence electrons. The van der Waals surface area contributed by atoms with Crippen LogP contribution in [0.1, 0.15) is 30.7 Å². The second kappa shape index (κ2) is 7.09. The third-order valence-corrected chi connectivity index (χ3v) is 6.40. The first-order valence-corrected chi connectivity index (χ1v) is 10.2. The van der Waals surface area contributed by atoms with Gasteiger partial charge >= 0.3 is 0 Å². The normalized spacial score (nSPS) is 25.6. The highest BCUT2D eigenvalue weighted by molar-refractivity contribution is 5.84. The summed E-state index contributed by atoms with van der Waals surface area (Å²) in [5.41, 5.74) is 3.34. The number of aromatic hydroxyl groups is 1. The predicted octanol–water partition coefficient (Wildman–Crippen LogP) is 2.47. The zero-order valence-corrected chi connectivity index (χ0v) is 17.2. The van der Waals surface area contributed by atoms with Crippen molar-refractivity contribution in [2.75, 3.05) is 11.9 Å². The van der Waals surface area contributed by atoms with Crippen LogP contribution in [0.15, 0.2) is 18.3 Å². The largest absolute Gasteiger partial charge is 0.507 e. The summed E-state index contributed by atoms with van der Waals surface area (Å²) in [4.78, 5) is 15.2. The number of nitrogens with one attached hydrogen (secondary N) is 1. The van der Waals surface area contributed by atoms with Gasteiger partial charge in [-0.15, -0.1) is 10.2 Å². The van der Waals surface area contributed by atoms with Gasteiger partial charge in [0.1, 0.15) is 11.9 Å². The number of aryl methyl sites for hydroxylation is 2. The highest BCUT2D eigenvalue weighted by Gasteiger charge is 2.43. The van der Waals surface area contributed by atoms with E-state index in [-0.39, 0.29) is 23.7 Å². The van der Waals surface area contributed by atoms with Gasteiger partial charge < -0.3 is 15.3 Å². The Hall–Kier alpha value is -2.94. The first-order valence-electron chi connectivity index (χ1n) is 10.2. The summed E-state index contributed by atoms with van der Waals surface area (Å²) in [6.07, 6.45) is 3.25. The average Bonchev–Trinajstić information content (AvgIpc) is 3.15. The van der Waals surface area contributed by atoms with Crippen LogP contribution in [0, 0.1) is 13.8 Å². The maximum Gasteiger partial charge on any atom is 0.185 e. The van der Waals surface area contributed by atoms with Crippen molar-refractivity contribution >= 4 is 16.9 Å². The summed E-state index contributed by atoms with van der Waals surface area (Å²) in [5, 5.41) is 22.3. The van der Waals surface area contributed by atoms with Gasteiger partial charge in [-0.05, 0) is 39.2 Å². The molecule has 0 radical (unpaired) electrons. The molecule has 1 unspecified atom stereocenters. The molecule has 0 spiro atoms. The number of halogens is 1. The van der Waals surface area contributed by atoms with Crippen molar-refractivity contribution in [3.63, 3.8) is 0 Å². The van der Waals surface area contributed by atoms with Crippen LogP contribution >= 0.6 is 0 Å². The molecule has 2 fully saturated rings. The minimum Gasteiger partial charge on any atom is -0.507 e. The number of phenolic OH excluding ortho intramolecular Hbond substituents is 1. The van der Waals surface area contributed by atoms with Gasteiger partial charge in [-0.2, -0.15) is 0 Å². The molecule has 30 heavy (non-hydrogen) atoms. The van der Waals surface area contributed by atoms with Crippen LogP contribution in [0.3, 0.4) is 0 Å². The fraction of sp³-hybridized carbons (Fsp3) is 0.476. The summed E-state index contributed by atoms with van der Waals surface area (Å²) >= 11 is 0. The topological polar surface area (TPSA) is 100.0 Å². The lowest BCUT2D eigenvalue weighted by Gasteiger charge is -2.38. The molecule has 0 saturated carbocycles. The fourth-order valence-corrected chi connectivity index (χ4v) is 4.52. The van der Waals surface area contributed by atoms with Crippen molar-refractivity contribution in [1.29, 1.82) is 0 Å². The Morgan fingerprint density at radius 3 is 2.53 bits per heavy atom. The highest BCUT2D eigenvalue weighted by Crippen LogP contribution is 2.34. The number of piperidine rings is 1. The van der Waals surface area contributed by atoms with Crippen LogP contribution in [0.25, 0.3) is 22.4 Å². The number of anilines is 1. The first-order chi connectivity index (χ1) is 14.4. The van der Waals surface area contributed by atoms with E-state index in [0.29, 0.717) is 28.5 Å². The molecule has 0 aliphatic carbocycles. The molecule has 8 nitrogen and oxygen atoms in total. The highest BCUT2D eigenvalue weighted by atomic mass is 19.1. The summed E-state index contributed by atoms with van der Waals surface area (Å²) in [7, 11) is 1.83. The van der Waals surface area contributed by atoms with Crippen LogP contribution in [0.2, 0.25) is 0 Å². The van der Waals surface area contributed by atoms with Gasteiger partial charge in [-0.1, -0.05) is 0 Å². The third kappa shape index (κ3) is 3.13. The van der Waals surface area contributed by atoms with E-state index < -0.39 is 6.17 Å². The van der Waals surface area contributed by atoms with E-state index >= 15 is 0 Å². The summed E-state index contributed by atoms with van der Waals surface area (Å²) < 4.78 is 14.9. The Kier molecular flexibility index (Phi) is 4.50. The Balaban J connectivity index is 1.43. The number of hydrogen-bond donors (Lipinski definition) is 2. The smallest absolute Gasteiger partial charge is 0.185 e. The standard InChI is InChI=1S/C21H24FN7O/c1-10-11(2)25-16-8-18(30)13(7-15(16)24-10)21-23-9-19(27-28-21)29(3)17-6-12-4-5-14(26-12)20(17)22/h7-9,12,14,17,20,26,30H,4-6H2,1-3H3/t12?,14-,17+,20-/m1/s1. The van der Waals surface area contributed by atoms with Gasteiger partial charge in [0.25, 0.3) is 0 Å². The molecule has 2 N–H and O–H groups in total. The predicted molar refractivity (Wildman–Crippen MR) is 111 cm³/mol. The Morgan fingerprint density at radius 2 is 1.83 bits per heavy atom. The van der Waals surface area contributed by atoms with Crippen LogP contribution in [0.4, 0.5) is 10.2 Å². The Labute approximate surface area is 173 Å². The number of nitrogens with zero attached hydrogens (tertiary/aromatic N) is 6. The monoisotopic (exact) mass is 409 g/mol. The van der Waals surface area contributed by atoms with E-state index in [1.54, 1.807) is 18.3 Å². The summed E-state index contributed by atoms with van der Waals surface area (Å²) in [5.74, 6) is 0.815. The maximum absolute atomic E-state index is 14.9. The number of fused-ring (bicyclic) bond motifs is 3. The molecule has 2 aromatic heterocycles. The van der Waals surface area contributed by atoms with E-state index in [1.165, 1.54) is 0 Å². The summed E-state index contributed by atoms with van der Waals surface area (Å²) in [6.45, 7) is 3.77. The van der Waals surface area contributed by atoms with E-state index in [1.807, 2.05) is 25.8 Å². The quantitative estimate of drug-likeness (QED) is 0.681. The van der Waals surface area contributed by atoms with Crippen molar-refractivity contribution in [2.24, 2.45) is 0 Å². The molecular formula is C21H24FN7O. The molecular weight excluding hydrogens is 385 g/mol. The molecule has 1 aromatic carbocycles. The van der Waals surface area contributed by atoms with E-state index in [2.05, 4.69) is 30.5 Å². The molecule has 2 aliphatic heterocycles. The van der Waals surface area contributed by atoms with E-state index in [0.717, 1.165) is 30.7 Å². The number of alkyl halides is 1. The Morgan fingerprint density at radius 1 is 1.10 bits per heavy atom. The third-order valence-electron chi connectivity index (χ3n) is 6.40. The van der Waals surface area contributed by atoms with Gasteiger partial charge in [0.2, 0.25) is 0 Å². The Bertz CT molecular complexity index is 1110. The molecule has 0 amide bonds. The van der Waals surface area contributed by atoms with Gasteiger partial charge in [0.05, 0.1) is 40.2 Å². The number of benzene rings is 1. The SMILES string of the molecule is Cc1nc2cc(O)c(-c3ncc(N(C)[C@H]4CC5CC[C@@H](N5)[C@H]4F)nn3)cc2nc1C. The second-order valence-electron chi connectivity index (χ2n) is 8.30. The zero-order valence-electron chi connectivity index (χ0n) is 17.2. The molecule has 2 bridgehead atoms. The van der Waals surface area contributed by atoms with E-state index in [4.69, 9.17) is 0 Å². The van der Waals surface area contributed by atoms with Crippen LogP contribution in [-0.4, -0.2) is 61.6 Å². The van der Waals surface area contributed by atoms with Gasteiger partial charge in [0.15, 0.2) is 11.6 Å². The molecule has 4 atom stereocenters. The van der Waals surface area contributed by atoms with Gasteiger partial charge in [-0.25, -0.2) is 19.3 Å². The van der Waals surface area contributed by atoms with Crippen LogP contribution in [0.5, 0.6) is 5.75 Å². The fourth-order valence-electron chi connectivity index (χ4n) is 4.52. The number of hydrogen-bond acceptors (Lipinski definition) is 8. The molecule has 3 aromatic rings. The molecule has 2 saturated heterocycles. The van der Waals surface area contributed by atoms with Gasteiger partial charge in [0, 0.05) is 25.2 Å². The van der Waals surface area contributed by atoms with Crippen molar-refractivity contribution in [2.45, 2.75) is 57.4 Å². The molecule has 5 rings (SSSR count). The van der Waals surface area contributed by atoms with Crippen LogP contribution < -0.4 is 10.2 Å². The lowest BCUT2D eigenvalue weighted by Crippen LogP contribution is -2.55. The molecule has 9 heteroatoms. The van der Waals surface area contributed by atoms with Crippen molar-refractivity contribution in [3.8, 4) is 17.1 Å². The zero-order chi connectivity index (χ0) is 21.0. The lowest BCUT2D eigenvalue weighted by atomic mass is 9.96. The molecule has 2 aliphatic rings.